The third-order valence-corrected chi connectivity index (χ3v) is 9.80. The van der Waals surface area contributed by atoms with Crippen molar-refractivity contribution in [2.75, 3.05) is 19.8 Å². The first-order chi connectivity index (χ1) is 24.6. The molecular weight excluding hydrogens is 620 g/mol. The highest BCUT2D eigenvalue weighted by molar-refractivity contribution is 5.70. The maximum absolute atomic E-state index is 12.6. The molecule has 0 aliphatic rings. The highest BCUT2D eigenvalue weighted by atomic mass is 16.6. The van der Waals surface area contributed by atoms with Gasteiger partial charge in [0.2, 0.25) is 0 Å². The van der Waals surface area contributed by atoms with Gasteiger partial charge in [-0.1, -0.05) is 193 Å². The molecule has 0 bridgehead atoms. The molecule has 0 rings (SSSR count). The zero-order valence-corrected chi connectivity index (χ0v) is 33.9. The van der Waals surface area contributed by atoms with E-state index in [1.807, 2.05) is 0 Å². The second kappa shape index (κ2) is 42.1. The number of unbranched alkanes of at least 4 members (excludes halogenated alkanes) is 28. The molecular formula is C45H86O5. The molecule has 50 heavy (non-hydrogen) atoms. The van der Waals surface area contributed by atoms with E-state index in [-0.39, 0.29) is 18.5 Å². The zero-order chi connectivity index (χ0) is 36.4. The van der Waals surface area contributed by atoms with Crippen LogP contribution >= 0.6 is 0 Å². The van der Waals surface area contributed by atoms with Crippen LogP contribution in [0.3, 0.4) is 0 Å². The number of rotatable bonds is 41. The van der Waals surface area contributed by atoms with Crippen molar-refractivity contribution in [2.45, 2.75) is 245 Å². The van der Waals surface area contributed by atoms with Crippen molar-refractivity contribution in [3.63, 3.8) is 0 Å². The molecule has 0 amide bonds. The van der Waals surface area contributed by atoms with Crippen LogP contribution in [0, 0.1) is 0 Å². The Balaban J connectivity index is 4.20. The molecule has 0 radical (unpaired) electrons. The highest BCUT2D eigenvalue weighted by Gasteiger charge is 2.17. The first kappa shape index (κ1) is 48.6. The summed E-state index contributed by atoms with van der Waals surface area (Å²) in [6, 6.07) is 0. The average molecular weight is 707 g/mol. The molecule has 0 spiro atoms. The van der Waals surface area contributed by atoms with Gasteiger partial charge >= 0.3 is 11.9 Å². The van der Waals surface area contributed by atoms with E-state index in [1.165, 1.54) is 161 Å². The summed E-state index contributed by atoms with van der Waals surface area (Å²) in [4.78, 5) is 25.1. The molecule has 0 aliphatic heterocycles. The van der Waals surface area contributed by atoms with Crippen molar-refractivity contribution >= 4 is 11.9 Å². The molecule has 296 valence electrons. The average Bonchev–Trinajstić information content (AvgIpc) is 3.11. The topological polar surface area (TPSA) is 61.8 Å². The lowest BCUT2D eigenvalue weighted by Crippen LogP contribution is -2.30. The number of hydrogen-bond donors (Lipinski definition) is 0. The first-order valence-electron chi connectivity index (χ1n) is 22.2. The van der Waals surface area contributed by atoms with Crippen LogP contribution in [0.2, 0.25) is 0 Å². The van der Waals surface area contributed by atoms with E-state index in [0.717, 1.165) is 44.9 Å². The molecule has 0 fully saturated rings. The van der Waals surface area contributed by atoms with Crippen LogP contribution in [-0.2, 0) is 23.8 Å². The van der Waals surface area contributed by atoms with Gasteiger partial charge in [-0.05, 0) is 44.9 Å². The minimum atomic E-state index is -0.526. The van der Waals surface area contributed by atoms with Gasteiger partial charge in [-0.3, -0.25) is 9.59 Å². The number of ether oxygens (including phenoxy) is 3. The lowest BCUT2D eigenvalue weighted by Gasteiger charge is -2.18. The Hall–Kier alpha value is -1.36. The SMILES string of the molecule is CCCCCC/C=C\CCCCCCCC(=O)OCC(COCCCCCCCCCCCCCC)OC(=O)CCCCCCCCCCC. The lowest BCUT2D eigenvalue weighted by molar-refractivity contribution is -0.163. The predicted molar refractivity (Wildman–Crippen MR) is 215 cm³/mol. The summed E-state index contributed by atoms with van der Waals surface area (Å²) in [5, 5.41) is 0. The zero-order valence-electron chi connectivity index (χ0n) is 33.9. The molecule has 0 N–H and O–H groups in total. The van der Waals surface area contributed by atoms with Crippen LogP contribution in [0.5, 0.6) is 0 Å². The molecule has 0 aromatic carbocycles. The lowest BCUT2D eigenvalue weighted by atomic mass is 10.1. The summed E-state index contributed by atoms with van der Waals surface area (Å²) in [6.45, 7) is 7.82. The van der Waals surface area contributed by atoms with Gasteiger partial charge in [0.25, 0.3) is 0 Å². The number of allylic oxidation sites excluding steroid dienone is 2. The molecule has 5 nitrogen and oxygen atoms in total. The fourth-order valence-corrected chi connectivity index (χ4v) is 6.45. The number of esters is 2. The van der Waals surface area contributed by atoms with Gasteiger partial charge in [0.15, 0.2) is 6.10 Å². The molecule has 0 saturated heterocycles. The summed E-state index contributed by atoms with van der Waals surface area (Å²) < 4.78 is 17.3. The quantitative estimate of drug-likeness (QED) is 0.0360. The van der Waals surface area contributed by atoms with Crippen molar-refractivity contribution in [2.24, 2.45) is 0 Å². The van der Waals surface area contributed by atoms with E-state index in [1.54, 1.807) is 0 Å². The summed E-state index contributed by atoms with van der Waals surface area (Å²) in [6.07, 6.45) is 44.9. The highest BCUT2D eigenvalue weighted by Crippen LogP contribution is 2.14. The van der Waals surface area contributed by atoms with Crippen LogP contribution in [-0.4, -0.2) is 37.9 Å². The van der Waals surface area contributed by atoms with Gasteiger partial charge in [-0.25, -0.2) is 0 Å². The Kier molecular flexibility index (Phi) is 40.9. The summed E-state index contributed by atoms with van der Waals surface area (Å²) in [5.41, 5.74) is 0. The van der Waals surface area contributed by atoms with Crippen molar-refractivity contribution < 1.29 is 23.8 Å². The Morgan fingerprint density at radius 3 is 1.24 bits per heavy atom. The van der Waals surface area contributed by atoms with Gasteiger partial charge in [-0.15, -0.1) is 0 Å². The second-order valence-electron chi connectivity index (χ2n) is 15.0. The van der Waals surface area contributed by atoms with Crippen LogP contribution in [0.15, 0.2) is 12.2 Å². The van der Waals surface area contributed by atoms with Crippen LogP contribution < -0.4 is 0 Å². The smallest absolute Gasteiger partial charge is 0.306 e. The van der Waals surface area contributed by atoms with E-state index in [4.69, 9.17) is 14.2 Å². The van der Waals surface area contributed by atoms with Crippen LogP contribution in [0.1, 0.15) is 239 Å². The van der Waals surface area contributed by atoms with Gasteiger partial charge in [0.1, 0.15) is 6.61 Å². The normalized spacial score (nSPS) is 12.1. The summed E-state index contributed by atoms with van der Waals surface area (Å²) >= 11 is 0. The molecule has 0 aliphatic carbocycles. The standard InChI is InChI=1S/C45H86O5/c1-4-7-10-13-16-19-21-23-24-27-29-32-35-38-44(46)49-42-43(50-45(47)39-36-33-30-26-18-15-12-9-6-3)41-48-40-37-34-31-28-25-22-20-17-14-11-8-5-2/h19,21,43H,4-18,20,22-42H2,1-3H3/b21-19-. The van der Waals surface area contributed by atoms with Crippen molar-refractivity contribution in [3.8, 4) is 0 Å². The third-order valence-electron chi connectivity index (χ3n) is 9.80. The molecule has 5 heteroatoms. The maximum Gasteiger partial charge on any atom is 0.306 e. The Labute approximate surface area is 312 Å². The molecule has 1 atom stereocenters. The fourth-order valence-electron chi connectivity index (χ4n) is 6.45. The number of hydrogen-bond acceptors (Lipinski definition) is 5. The number of carbonyl (C=O) groups excluding carboxylic acids is 2. The fraction of sp³-hybridized carbons (Fsp3) is 0.911. The van der Waals surface area contributed by atoms with Crippen molar-refractivity contribution in [3.05, 3.63) is 12.2 Å². The van der Waals surface area contributed by atoms with E-state index in [0.29, 0.717) is 26.1 Å². The second-order valence-corrected chi connectivity index (χ2v) is 15.0. The van der Waals surface area contributed by atoms with E-state index < -0.39 is 6.10 Å². The minimum Gasteiger partial charge on any atom is -0.462 e. The van der Waals surface area contributed by atoms with Crippen LogP contribution in [0.25, 0.3) is 0 Å². The van der Waals surface area contributed by atoms with Gasteiger partial charge in [-0.2, -0.15) is 0 Å². The third kappa shape index (κ3) is 39.4. The van der Waals surface area contributed by atoms with Gasteiger partial charge in [0, 0.05) is 19.4 Å². The van der Waals surface area contributed by atoms with E-state index in [2.05, 4.69) is 32.9 Å². The van der Waals surface area contributed by atoms with E-state index in [9.17, 15) is 9.59 Å². The molecule has 0 heterocycles. The van der Waals surface area contributed by atoms with Crippen molar-refractivity contribution in [1.29, 1.82) is 0 Å². The van der Waals surface area contributed by atoms with Gasteiger partial charge < -0.3 is 14.2 Å². The molecule has 0 aromatic heterocycles. The Morgan fingerprint density at radius 2 is 0.780 bits per heavy atom. The monoisotopic (exact) mass is 707 g/mol. The Morgan fingerprint density at radius 1 is 0.420 bits per heavy atom. The maximum atomic E-state index is 12.6. The largest absolute Gasteiger partial charge is 0.462 e. The van der Waals surface area contributed by atoms with Gasteiger partial charge in [0.05, 0.1) is 6.61 Å². The molecule has 0 saturated carbocycles. The summed E-state index contributed by atoms with van der Waals surface area (Å²) in [5.74, 6) is -0.397. The number of carbonyl (C=O) groups is 2. The van der Waals surface area contributed by atoms with E-state index >= 15 is 0 Å². The Bertz CT molecular complexity index is 720. The molecule has 1 unspecified atom stereocenters. The first-order valence-corrected chi connectivity index (χ1v) is 22.2. The van der Waals surface area contributed by atoms with Crippen LogP contribution in [0.4, 0.5) is 0 Å². The van der Waals surface area contributed by atoms with Crippen molar-refractivity contribution in [1.82, 2.24) is 0 Å². The minimum absolute atomic E-state index is 0.0888. The molecule has 0 aromatic rings. The summed E-state index contributed by atoms with van der Waals surface area (Å²) in [7, 11) is 0. The predicted octanol–water partition coefficient (Wildman–Crippen LogP) is 14.3.